The van der Waals surface area contributed by atoms with Crippen molar-refractivity contribution in [2.45, 2.75) is 52.6 Å². The van der Waals surface area contributed by atoms with Crippen LogP contribution < -0.4 is 9.80 Å². The molecule has 2 unspecified atom stereocenters. The van der Waals surface area contributed by atoms with Crippen molar-refractivity contribution in [2.24, 2.45) is 0 Å². The second kappa shape index (κ2) is 6.67. The third kappa shape index (κ3) is 3.41. The average Bonchev–Trinajstić information content (AvgIpc) is 2.39. The van der Waals surface area contributed by atoms with Gasteiger partial charge in [-0.05, 0) is 51.0 Å². The van der Waals surface area contributed by atoms with E-state index in [2.05, 4.69) is 75.9 Å². The van der Waals surface area contributed by atoms with Crippen LogP contribution in [0.5, 0.6) is 0 Å². The summed E-state index contributed by atoms with van der Waals surface area (Å²) >= 11 is 0. The van der Waals surface area contributed by atoms with Crippen LogP contribution in [0.25, 0.3) is 0 Å². The molecule has 0 radical (unpaired) electrons. The van der Waals surface area contributed by atoms with Gasteiger partial charge in [-0.1, -0.05) is 13.8 Å². The summed E-state index contributed by atoms with van der Waals surface area (Å²) in [4.78, 5) is 4.68. The fourth-order valence-corrected chi connectivity index (χ4v) is 2.26. The van der Waals surface area contributed by atoms with E-state index < -0.39 is 0 Å². The fourth-order valence-electron chi connectivity index (χ4n) is 2.26. The summed E-state index contributed by atoms with van der Waals surface area (Å²) in [5.41, 5.74) is 2.59. The van der Waals surface area contributed by atoms with Crippen LogP contribution in [0, 0.1) is 0 Å². The van der Waals surface area contributed by atoms with E-state index in [1.165, 1.54) is 24.2 Å². The van der Waals surface area contributed by atoms with Gasteiger partial charge in [0, 0.05) is 37.6 Å². The van der Waals surface area contributed by atoms with Crippen LogP contribution in [-0.4, -0.2) is 26.2 Å². The van der Waals surface area contributed by atoms with Crippen LogP contribution in [0.3, 0.4) is 0 Å². The first-order chi connectivity index (χ1) is 8.51. The molecule has 0 heterocycles. The third-order valence-electron chi connectivity index (χ3n) is 3.80. The highest BCUT2D eigenvalue weighted by atomic mass is 15.2. The summed E-state index contributed by atoms with van der Waals surface area (Å²) in [7, 11) is 4.16. The molecule has 0 saturated heterocycles. The van der Waals surface area contributed by atoms with Gasteiger partial charge in [-0.15, -0.1) is 0 Å². The summed E-state index contributed by atoms with van der Waals surface area (Å²) in [5, 5.41) is 0. The monoisotopic (exact) mass is 248 g/mol. The number of hydrogen-bond acceptors (Lipinski definition) is 2. The lowest BCUT2D eigenvalue weighted by Crippen LogP contribution is -2.39. The minimum absolute atomic E-state index is 0.588. The van der Waals surface area contributed by atoms with E-state index >= 15 is 0 Å². The molecule has 1 aromatic carbocycles. The van der Waals surface area contributed by atoms with Crippen LogP contribution >= 0.6 is 0 Å². The Morgan fingerprint density at radius 1 is 0.833 bits per heavy atom. The molecule has 18 heavy (non-hydrogen) atoms. The van der Waals surface area contributed by atoms with Crippen molar-refractivity contribution >= 4 is 11.4 Å². The zero-order chi connectivity index (χ0) is 13.7. The second-order valence-corrected chi connectivity index (χ2v) is 5.33. The largest absolute Gasteiger partial charge is 0.378 e. The van der Waals surface area contributed by atoms with Crippen LogP contribution in [0.15, 0.2) is 24.3 Å². The van der Waals surface area contributed by atoms with E-state index in [0.717, 1.165) is 0 Å². The van der Waals surface area contributed by atoms with E-state index in [9.17, 15) is 0 Å². The molecule has 0 bridgehead atoms. The zero-order valence-electron chi connectivity index (χ0n) is 12.8. The normalized spacial score (nSPS) is 14.1. The lowest BCUT2D eigenvalue weighted by molar-refractivity contribution is 0.527. The van der Waals surface area contributed by atoms with Crippen molar-refractivity contribution in [3.05, 3.63) is 24.3 Å². The Kier molecular flexibility index (Phi) is 5.52. The van der Waals surface area contributed by atoms with E-state index in [1.54, 1.807) is 0 Å². The predicted molar refractivity (Wildman–Crippen MR) is 82.8 cm³/mol. The quantitative estimate of drug-likeness (QED) is 0.746. The highest BCUT2D eigenvalue weighted by molar-refractivity contribution is 5.56. The third-order valence-corrected chi connectivity index (χ3v) is 3.80. The molecule has 0 aromatic heterocycles. The maximum Gasteiger partial charge on any atom is 0.0372 e. The van der Waals surface area contributed by atoms with Gasteiger partial charge in [-0.3, -0.25) is 0 Å². The van der Waals surface area contributed by atoms with Gasteiger partial charge in [0.15, 0.2) is 0 Å². The Morgan fingerprint density at radius 2 is 1.22 bits per heavy atom. The molecule has 0 saturated carbocycles. The van der Waals surface area contributed by atoms with Crippen molar-refractivity contribution in [1.29, 1.82) is 0 Å². The van der Waals surface area contributed by atoms with Crippen LogP contribution in [0.4, 0.5) is 11.4 Å². The van der Waals surface area contributed by atoms with E-state index in [4.69, 9.17) is 0 Å². The van der Waals surface area contributed by atoms with Gasteiger partial charge in [0.1, 0.15) is 0 Å². The van der Waals surface area contributed by atoms with Crippen LogP contribution in [0.1, 0.15) is 40.5 Å². The second-order valence-electron chi connectivity index (χ2n) is 5.33. The van der Waals surface area contributed by atoms with Crippen LogP contribution in [0.2, 0.25) is 0 Å². The van der Waals surface area contributed by atoms with Gasteiger partial charge in [0.05, 0.1) is 0 Å². The SMILES string of the molecule is CCC(C)N(c1ccc(N(C)C)cc1)C(C)CC. The standard InChI is InChI=1S/C16H28N2/c1-7-13(3)18(14(4)8-2)16-11-9-15(10-12-16)17(5)6/h9-14H,7-8H2,1-6H3. The Morgan fingerprint density at radius 3 is 1.56 bits per heavy atom. The summed E-state index contributed by atoms with van der Waals surface area (Å²) < 4.78 is 0. The van der Waals surface area contributed by atoms with Crippen LogP contribution in [-0.2, 0) is 0 Å². The van der Waals surface area contributed by atoms with Crippen molar-refractivity contribution in [3.8, 4) is 0 Å². The zero-order valence-corrected chi connectivity index (χ0v) is 12.8. The Balaban J connectivity index is 2.98. The molecular formula is C16H28N2. The molecule has 0 spiro atoms. The molecule has 1 aromatic rings. The van der Waals surface area contributed by atoms with Gasteiger partial charge >= 0.3 is 0 Å². The molecule has 0 aliphatic heterocycles. The molecule has 0 aliphatic carbocycles. The molecule has 0 N–H and O–H groups in total. The fraction of sp³-hybridized carbons (Fsp3) is 0.625. The maximum absolute atomic E-state index is 2.54. The number of rotatable bonds is 6. The molecule has 2 nitrogen and oxygen atoms in total. The van der Waals surface area contributed by atoms with E-state index in [1.807, 2.05) is 0 Å². The Labute approximate surface area is 113 Å². The first-order valence-electron chi connectivity index (χ1n) is 7.06. The topological polar surface area (TPSA) is 6.48 Å². The molecule has 2 heteroatoms. The highest BCUT2D eigenvalue weighted by Gasteiger charge is 2.18. The minimum atomic E-state index is 0.588. The van der Waals surface area contributed by atoms with E-state index in [0.29, 0.717) is 12.1 Å². The number of benzene rings is 1. The smallest absolute Gasteiger partial charge is 0.0372 e. The van der Waals surface area contributed by atoms with Crippen molar-refractivity contribution in [2.75, 3.05) is 23.9 Å². The summed E-state index contributed by atoms with van der Waals surface area (Å²) in [6, 6.07) is 10.1. The summed E-state index contributed by atoms with van der Waals surface area (Å²) in [6.07, 6.45) is 2.36. The molecule has 0 amide bonds. The molecule has 0 aliphatic rings. The lowest BCUT2D eigenvalue weighted by Gasteiger charge is -2.36. The lowest BCUT2D eigenvalue weighted by atomic mass is 10.1. The Bertz CT molecular complexity index is 333. The number of hydrogen-bond donors (Lipinski definition) is 0. The molecular weight excluding hydrogens is 220 g/mol. The number of anilines is 2. The van der Waals surface area contributed by atoms with Gasteiger partial charge in [-0.25, -0.2) is 0 Å². The highest BCUT2D eigenvalue weighted by Crippen LogP contribution is 2.25. The van der Waals surface area contributed by atoms with E-state index in [-0.39, 0.29) is 0 Å². The molecule has 1 rings (SSSR count). The first-order valence-corrected chi connectivity index (χ1v) is 7.06. The van der Waals surface area contributed by atoms with Crippen molar-refractivity contribution < 1.29 is 0 Å². The molecule has 2 atom stereocenters. The number of nitrogens with zero attached hydrogens (tertiary/aromatic N) is 2. The Hall–Kier alpha value is -1.18. The maximum atomic E-state index is 2.54. The molecule has 0 fully saturated rings. The molecule has 102 valence electrons. The summed E-state index contributed by atoms with van der Waals surface area (Å²) in [5.74, 6) is 0. The van der Waals surface area contributed by atoms with Gasteiger partial charge in [-0.2, -0.15) is 0 Å². The van der Waals surface area contributed by atoms with Gasteiger partial charge < -0.3 is 9.80 Å². The minimum Gasteiger partial charge on any atom is -0.378 e. The first kappa shape index (κ1) is 14.9. The van der Waals surface area contributed by atoms with Crippen molar-refractivity contribution in [1.82, 2.24) is 0 Å². The predicted octanol–water partition coefficient (Wildman–Crippen LogP) is 4.16. The van der Waals surface area contributed by atoms with Gasteiger partial charge in [0.2, 0.25) is 0 Å². The van der Waals surface area contributed by atoms with Gasteiger partial charge in [0.25, 0.3) is 0 Å². The average molecular weight is 248 g/mol. The van der Waals surface area contributed by atoms with Crippen molar-refractivity contribution in [3.63, 3.8) is 0 Å². The summed E-state index contributed by atoms with van der Waals surface area (Å²) in [6.45, 7) is 9.14.